The summed E-state index contributed by atoms with van der Waals surface area (Å²) >= 11 is 0. The summed E-state index contributed by atoms with van der Waals surface area (Å²) in [7, 11) is 0. The van der Waals surface area contributed by atoms with Crippen LogP contribution in [-0.2, 0) is 10.2 Å². The minimum Gasteiger partial charge on any atom is -0.491 e. The maximum atomic E-state index is 12.9. The van der Waals surface area contributed by atoms with Crippen molar-refractivity contribution < 1.29 is 19.4 Å². The van der Waals surface area contributed by atoms with E-state index in [9.17, 15) is 14.7 Å². The predicted octanol–water partition coefficient (Wildman–Crippen LogP) is 4.25. The average molecular weight is 451 g/mol. The van der Waals surface area contributed by atoms with Crippen LogP contribution in [-0.4, -0.2) is 46.7 Å². The Morgan fingerprint density at radius 2 is 1.67 bits per heavy atom. The maximum absolute atomic E-state index is 12.9. The number of nitrogens with one attached hydrogen (secondary N) is 1. The summed E-state index contributed by atoms with van der Waals surface area (Å²) in [5.74, 6) is 0.987. The van der Waals surface area contributed by atoms with Gasteiger partial charge in [-0.25, -0.2) is 4.79 Å². The first-order valence-electron chi connectivity index (χ1n) is 11.8. The molecule has 1 atom stereocenters. The zero-order chi connectivity index (χ0) is 23.6. The second-order valence-corrected chi connectivity index (χ2v) is 10.1. The number of carbonyl (C=O) groups excluding carboxylic acids is 2. The van der Waals surface area contributed by atoms with Gasteiger partial charge in [-0.3, -0.25) is 9.69 Å². The number of hydrogen-bond donors (Lipinski definition) is 2. The molecule has 2 fully saturated rings. The fourth-order valence-electron chi connectivity index (χ4n) is 4.88. The van der Waals surface area contributed by atoms with Gasteiger partial charge in [0.1, 0.15) is 24.0 Å². The molecule has 4 rings (SSSR count). The summed E-state index contributed by atoms with van der Waals surface area (Å²) in [6.07, 6.45) is 2.20. The number of aliphatic hydroxyl groups excluding tert-OH is 1. The maximum Gasteiger partial charge on any atom is 0.325 e. The Kier molecular flexibility index (Phi) is 6.48. The van der Waals surface area contributed by atoms with Crippen molar-refractivity contribution in [2.75, 3.05) is 13.2 Å². The number of aliphatic hydroxyl groups is 1. The Morgan fingerprint density at radius 3 is 2.30 bits per heavy atom. The second kappa shape index (κ2) is 9.18. The number of carbonyl (C=O) groups is 2. The van der Waals surface area contributed by atoms with E-state index in [1.807, 2.05) is 42.5 Å². The molecule has 1 saturated heterocycles. The van der Waals surface area contributed by atoms with Crippen LogP contribution in [0.15, 0.2) is 54.6 Å². The van der Waals surface area contributed by atoms with E-state index < -0.39 is 17.7 Å². The molecule has 1 unspecified atom stereocenters. The molecule has 2 N–H and O–H groups in total. The van der Waals surface area contributed by atoms with Crippen molar-refractivity contribution in [2.45, 2.75) is 63.5 Å². The highest BCUT2D eigenvalue weighted by Gasteiger charge is 2.52. The zero-order valence-corrected chi connectivity index (χ0v) is 19.7. The Morgan fingerprint density at radius 1 is 1.06 bits per heavy atom. The van der Waals surface area contributed by atoms with Gasteiger partial charge in [-0.1, -0.05) is 63.2 Å². The molecule has 33 heavy (non-hydrogen) atoms. The van der Waals surface area contributed by atoms with Crippen LogP contribution in [0.4, 0.5) is 4.79 Å². The van der Waals surface area contributed by atoms with Crippen molar-refractivity contribution in [1.82, 2.24) is 10.2 Å². The minimum absolute atomic E-state index is 0.00250. The van der Waals surface area contributed by atoms with Crippen LogP contribution in [0, 0.1) is 5.92 Å². The van der Waals surface area contributed by atoms with Crippen LogP contribution in [0.3, 0.4) is 0 Å². The highest BCUT2D eigenvalue weighted by molar-refractivity contribution is 6.07. The molecule has 6 nitrogen and oxygen atoms in total. The van der Waals surface area contributed by atoms with E-state index in [-0.39, 0.29) is 24.5 Å². The summed E-state index contributed by atoms with van der Waals surface area (Å²) in [6, 6.07) is 17.7. The lowest BCUT2D eigenvalue weighted by atomic mass is 9.77. The summed E-state index contributed by atoms with van der Waals surface area (Å²) in [6.45, 7) is 6.46. The Labute approximate surface area is 195 Å². The van der Waals surface area contributed by atoms with Gasteiger partial charge in [-0.2, -0.15) is 0 Å². The molecule has 0 radical (unpaired) electrons. The van der Waals surface area contributed by atoms with Crippen molar-refractivity contribution in [2.24, 2.45) is 5.92 Å². The molecule has 176 valence electrons. The number of amides is 3. The summed E-state index contributed by atoms with van der Waals surface area (Å²) in [4.78, 5) is 26.5. The van der Waals surface area contributed by atoms with E-state index in [1.54, 1.807) is 0 Å². The lowest BCUT2D eigenvalue weighted by molar-refractivity contribution is -0.133. The first-order valence-corrected chi connectivity index (χ1v) is 11.8. The fourth-order valence-corrected chi connectivity index (χ4v) is 4.88. The molecule has 1 spiro atoms. The zero-order valence-electron chi connectivity index (χ0n) is 19.7. The summed E-state index contributed by atoms with van der Waals surface area (Å²) in [5.41, 5.74) is 1.46. The average Bonchev–Trinajstić information content (AvgIpc) is 3.04. The van der Waals surface area contributed by atoms with E-state index in [0.717, 1.165) is 23.3 Å². The van der Waals surface area contributed by atoms with Crippen LogP contribution in [0.2, 0.25) is 0 Å². The predicted molar refractivity (Wildman–Crippen MR) is 127 cm³/mol. The smallest absolute Gasteiger partial charge is 0.325 e. The molecule has 0 aromatic heterocycles. The number of imide groups is 1. The van der Waals surface area contributed by atoms with Crippen molar-refractivity contribution in [3.8, 4) is 5.75 Å². The number of hydrogen-bond acceptors (Lipinski definition) is 4. The molecule has 1 aliphatic carbocycles. The fraction of sp³-hybridized carbons (Fsp3) is 0.481. The van der Waals surface area contributed by atoms with Crippen molar-refractivity contribution in [3.05, 3.63) is 65.7 Å². The standard InChI is InChI=1S/C27H34N2O4/c1-19-13-15-27(16-14-19)24(31)29(25(32)28-27)17-22(30)18-33-23-11-9-21(10-12-23)26(2,3)20-7-5-4-6-8-20/h4-12,19,22,30H,13-18H2,1-3H3,(H,28,32). The molecule has 2 aliphatic rings. The second-order valence-electron chi connectivity index (χ2n) is 10.1. The van der Waals surface area contributed by atoms with Crippen molar-refractivity contribution >= 4 is 11.9 Å². The van der Waals surface area contributed by atoms with Gasteiger partial charge in [0, 0.05) is 5.41 Å². The monoisotopic (exact) mass is 450 g/mol. The van der Waals surface area contributed by atoms with Gasteiger partial charge in [0.2, 0.25) is 0 Å². The third-order valence-corrected chi connectivity index (χ3v) is 7.28. The van der Waals surface area contributed by atoms with Gasteiger partial charge in [-0.15, -0.1) is 0 Å². The Hall–Kier alpha value is -2.86. The summed E-state index contributed by atoms with van der Waals surface area (Å²) in [5, 5.41) is 13.4. The number of rotatable bonds is 7. The van der Waals surface area contributed by atoms with E-state index in [1.165, 1.54) is 5.56 Å². The number of benzene rings is 2. The molecule has 3 amide bonds. The van der Waals surface area contributed by atoms with Crippen LogP contribution in [0.25, 0.3) is 0 Å². The normalized spacial score (nSPS) is 24.1. The Balaban J connectivity index is 1.32. The lowest BCUT2D eigenvalue weighted by Crippen LogP contribution is -2.49. The molecule has 1 saturated carbocycles. The van der Waals surface area contributed by atoms with Crippen LogP contribution in [0.5, 0.6) is 5.75 Å². The molecule has 6 heteroatoms. The molecule has 2 aromatic carbocycles. The molecule has 1 heterocycles. The van der Waals surface area contributed by atoms with Crippen molar-refractivity contribution in [1.29, 1.82) is 0 Å². The number of urea groups is 1. The molecular weight excluding hydrogens is 416 g/mol. The minimum atomic E-state index is -0.960. The molecular formula is C27H34N2O4. The third kappa shape index (κ3) is 4.76. The number of ether oxygens (including phenoxy) is 1. The van der Waals surface area contributed by atoms with Gasteiger partial charge >= 0.3 is 6.03 Å². The first kappa shape index (κ1) is 23.3. The summed E-state index contributed by atoms with van der Waals surface area (Å²) < 4.78 is 5.75. The topological polar surface area (TPSA) is 78.9 Å². The van der Waals surface area contributed by atoms with Crippen LogP contribution < -0.4 is 10.1 Å². The van der Waals surface area contributed by atoms with Gasteiger partial charge in [0.25, 0.3) is 5.91 Å². The highest BCUT2D eigenvalue weighted by Crippen LogP contribution is 2.36. The van der Waals surface area contributed by atoms with E-state index >= 15 is 0 Å². The Bertz CT molecular complexity index is 979. The van der Waals surface area contributed by atoms with E-state index in [0.29, 0.717) is 24.5 Å². The van der Waals surface area contributed by atoms with Crippen molar-refractivity contribution in [3.63, 3.8) is 0 Å². The van der Waals surface area contributed by atoms with E-state index in [2.05, 4.69) is 38.2 Å². The molecule has 1 aliphatic heterocycles. The number of nitrogens with zero attached hydrogens (tertiary/aromatic N) is 1. The third-order valence-electron chi connectivity index (χ3n) is 7.28. The van der Waals surface area contributed by atoms with Gasteiger partial charge in [0.05, 0.1) is 6.54 Å². The lowest BCUT2D eigenvalue weighted by Gasteiger charge is -2.33. The molecule has 0 bridgehead atoms. The SMILES string of the molecule is CC1CCC2(CC1)NC(=O)N(CC(O)COc1ccc(C(C)(C)c3ccccc3)cc1)C2=O. The van der Waals surface area contributed by atoms with Gasteiger partial charge < -0.3 is 15.2 Å². The van der Waals surface area contributed by atoms with Crippen LogP contribution >= 0.6 is 0 Å². The van der Waals surface area contributed by atoms with Gasteiger partial charge in [0.15, 0.2) is 0 Å². The van der Waals surface area contributed by atoms with Gasteiger partial charge in [-0.05, 0) is 54.9 Å². The highest BCUT2D eigenvalue weighted by atomic mass is 16.5. The number of β-amino-alcohol motifs (C(OH)–C–C–N with tert-alkyl or cyclic N) is 1. The largest absolute Gasteiger partial charge is 0.491 e. The quantitative estimate of drug-likeness (QED) is 0.618. The first-order chi connectivity index (χ1) is 15.7. The molecule has 2 aromatic rings. The van der Waals surface area contributed by atoms with Crippen LogP contribution in [0.1, 0.15) is 57.6 Å². The van der Waals surface area contributed by atoms with E-state index in [4.69, 9.17) is 4.74 Å².